The number of aliphatic carboxylic acids is 1. The zero-order valence-electron chi connectivity index (χ0n) is 44.3. The van der Waals surface area contributed by atoms with Gasteiger partial charge in [0.15, 0.2) is 23.0 Å². The normalized spacial score (nSPS) is 14.8. The molecule has 2 aliphatic heterocycles. The second-order valence-electron chi connectivity index (χ2n) is 19.4. The molecule has 81 heavy (non-hydrogen) atoms. The third kappa shape index (κ3) is 14.3. The topological polar surface area (TPSA) is 202 Å². The van der Waals surface area contributed by atoms with Crippen molar-refractivity contribution in [2.75, 3.05) is 19.6 Å². The summed E-state index contributed by atoms with van der Waals surface area (Å²) in [7, 11) is 0. The first-order chi connectivity index (χ1) is 39.5. The molecular weight excluding hydrogens is 1050 g/mol. The fourth-order valence-electron chi connectivity index (χ4n) is 9.63. The number of para-hydroxylation sites is 2. The number of fused-ring (bicyclic) bond motifs is 1. The number of β-lactam (4-membered cyclic amide) rings is 1. The molecule has 0 unspecified atom stereocenters. The maximum absolute atomic E-state index is 15.2. The molecule has 0 radical (unpaired) electrons. The number of carboxylic acid groups (broad SMARTS) is 1. The highest BCUT2D eigenvalue weighted by molar-refractivity contribution is 6.32. The van der Waals surface area contributed by atoms with Crippen molar-refractivity contribution in [2.45, 2.75) is 70.2 Å². The van der Waals surface area contributed by atoms with Crippen LogP contribution in [0.2, 0.25) is 0 Å². The van der Waals surface area contributed by atoms with Gasteiger partial charge in [-0.25, -0.2) is 4.79 Å². The summed E-state index contributed by atoms with van der Waals surface area (Å²) in [6, 6.07) is 55.4. The second-order valence-corrected chi connectivity index (χ2v) is 19.9. The lowest BCUT2D eigenvalue weighted by Gasteiger charge is -2.54. The Kier molecular flexibility index (Phi) is 18.7. The Hall–Kier alpha value is -9.41. The third-order valence-corrected chi connectivity index (χ3v) is 14.1. The summed E-state index contributed by atoms with van der Waals surface area (Å²) in [5.74, 6) is -3.23. The van der Waals surface area contributed by atoms with Crippen molar-refractivity contribution >= 4 is 47.1 Å². The van der Waals surface area contributed by atoms with Crippen LogP contribution in [0.4, 0.5) is 0 Å². The van der Waals surface area contributed by atoms with Crippen molar-refractivity contribution in [3.8, 4) is 23.0 Å². The van der Waals surface area contributed by atoms with Crippen molar-refractivity contribution in [3.05, 3.63) is 238 Å². The Bertz CT molecular complexity index is 3370. The number of amides is 5. The van der Waals surface area contributed by atoms with Gasteiger partial charge in [0.1, 0.15) is 43.8 Å². The molecule has 0 bridgehead atoms. The quantitative estimate of drug-likeness (QED) is 0.0297. The highest BCUT2D eigenvalue weighted by Crippen LogP contribution is 2.45. The van der Waals surface area contributed by atoms with Gasteiger partial charge in [0, 0.05) is 18.1 Å². The fraction of sp³-hybridized carbons (Fsp3) is 0.219. The first kappa shape index (κ1) is 56.3. The molecule has 1 saturated heterocycles. The smallest absolute Gasteiger partial charge is 0.353 e. The van der Waals surface area contributed by atoms with Crippen LogP contribution in [0.1, 0.15) is 86.7 Å². The minimum Gasteiger partial charge on any atom is -0.485 e. The van der Waals surface area contributed by atoms with Crippen LogP contribution in [0.15, 0.2) is 199 Å². The van der Waals surface area contributed by atoms with Crippen LogP contribution in [0.25, 0.3) is 0 Å². The molecule has 4 N–H and O–H groups in total. The number of benzene rings is 7. The minimum absolute atomic E-state index is 0.0110. The van der Waals surface area contributed by atoms with E-state index in [0.717, 1.165) is 27.2 Å². The molecule has 1 fully saturated rings. The summed E-state index contributed by atoms with van der Waals surface area (Å²) in [4.78, 5) is 85.9. The van der Waals surface area contributed by atoms with Gasteiger partial charge in [0.05, 0.1) is 24.1 Å². The minimum atomic E-state index is -1.42. The van der Waals surface area contributed by atoms with Crippen molar-refractivity contribution < 1.29 is 52.8 Å². The van der Waals surface area contributed by atoms with Gasteiger partial charge in [0.2, 0.25) is 17.7 Å². The van der Waals surface area contributed by atoms with Crippen LogP contribution in [-0.2, 0) is 45.6 Å². The molecular formula is C64H60ClN5O11. The zero-order valence-corrected chi connectivity index (χ0v) is 45.0. The molecule has 0 spiro atoms. The number of halogens is 1. The highest BCUT2D eigenvalue weighted by atomic mass is 35.5. The molecule has 0 aliphatic carbocycles. The summed E-state index contributed by atoms with van der Waals surface area (Å²) in [5, 5.41) is 18.7. The molecule has 0 saturated carbocycles. The number of ether oxygens (including phenoxy) is 4. The Balaban J connectivity index is 0.954. The summed E-state index contributed by atoms with van der Waals surface area (Å²) in [5.41, 5.74) is 2.51. The van der Waals surface area contributed by atoms with Gasteiger partial charge < -0.3 is 44.9 Å². The number of nitrogens with zero attached hydrogens (tertiary/aromatic N) is 2. The predicted molar refractivity (Wildman–Crippen MR) is 303 cm³/mol. The number of hydrogen-bond acceptors (Lipinski definition) is 10. The van der Waals surface area contributed by atoms with E-state index in [0.29, 0.717) is 29.9 Å². The molecule has 7 aromatic rings. The largest absolute Gasteiger partial charge is 0.485 e. The highest BCUT2D eigenvalue weighted by Gasteiger charge is 2.57. The lowest BCUT2D eigenvalue weighted by atomic mass is 9.83. The SMILES string of the molecule is O=C(CN(CCCCNC(=O)c1cccc(OCc2ccccc2)c1OCc1ccccc1)C(=O)c1cccc(OCc2ccccc2)c1OCc1ccccc1)N[C@@H](C(=O)N[C@@]12CCC(Cl)=C(C(=O)O)N1C(=O)C2)c1ccccc1. The first-order valence-electron chi connectivity index (χ1n) is 26.6. The van der Waals surface area contributed by atoms with E-state index in [4.69, 9.17) is 30.5 Å². The summed E-state index contributed by atoms with van der Waals surface area (Å²) < 4.78 is 25.3. The van der Waals surface area contributed by atoms with Gasteiger partial charge in [-0.2, -0.15) is 0 Å². The summed E-state index contributed by atoms with van der Waals surface area (Å²) in [6.45, 7) is 0.334. The molecule has 9 rings (SSSR count). The van der Waals surface area contributed by atoms with E-state index in [1.165, 1.54) is 4.90 Å². The molecule has 2 heterocycles. The van der Waals surface area contributed by atoms with Crippen molar-refractivity contribution in [2.24, 2.45) is 0 Å². The molecule has 2 atom stereocenters. The zero-order chi connectivity index (χ0) is 56.6. The van der Waals surface area contributed by atoms with Gasteiger partial charge in [-0.3, -0.25) is 28.9 Å². The second kappa shape index (κ2) is 27.0. The first-order valence-corrected chi connectivity index (χ1v) is 27.0. The lowest BCUT2D eigenvalue weighted by molar-refractivity contribution is -0.165. The summed E-state index contributed by atoms with van der Waals surface area (Å²) in [6.07, 6.45) is 0.716. The van der Waals surface area contributed by atoms with Crippen molar-refractivity contribution in [1.29, 1.82) is 0 Å². The van der Waals surface area contributed by atoms with Gasteiger partial charge in [-0.15, -0.1) is 0 Å². The number of nitrogens with one attached hydrogen (secondary N) is 3. The number of hydrogen-bond donors (Lipinski definition) is 4. The predicted octanol–water partition coefficient (Wildman–Crippen LogP) is 9.89. The van der Waals surface area contributed by atoms with E-state index in [1.807, 2.05) is 121 Å². The number of unbranched alkanes of at least 4 members (excludes halogenated alkanes) is 1. The Labute approximate surface area is 474 Å². The van der Waals surface area contributed by atoms with Gasteiger partial charge in [-0.05, 0) is 77.8 Å². The van der Waals surface area contributed by atoms with E-state index in [1.54, 1.807) is 66.7 Å². The number of carboxylic acids is 1. The van der Waals surface area contributed by atoms with Crippen molar-refractivity contribution in [1.82, 2.24) is 25.8 Å². The fourth-order valence-corrected chi connectivity index (χ4v) is 9.89. The van der Waals surface area contributed by atoms with Gasteiger partial charge in [-0.1, -0.05) is 175 Å². The molecule has 0 aromatic heterocycles. The van der Waals surface area contributed by atoms with Crippen LogP contribution >= 0.6 is 11.6 Å². The lowest BCUT2D eigenvalue weighted by Crippen LogP contribution is -2.73. The van der Waals surface area contributed by atoms with Gasteiger partial charge >= 0.3 is 5.97 Å². The molecule has 414 valence electrons. The number of rotatable bonds is 26. The number of carbonyl (C=O) groups excluding carboxylic acids is 5. The molecule has 17 heteroatoms. The van der Waals surface area contributed by atoms with Crippen molar-refractivity contribution in [3.63, 3.8) is 0 Å². The maximum atomic E-state index is 15.2. The molecule has 16 nitrogen and oxygen atoms in total. The maximum Gasteiger partial charge on any atom is 0.353 e. The third-order valence-electron chi connectivity index (χ3n) is 13.7. The average Bonchev–Trinajstić information content (AvgIpc) is 3.54. The number of allylic oxidation sites excluding steroid dienone is 1. The Morgan fingerprint density at radius 3 is 1.59 bits per heavy atom. The summed E-state index contributed by atoms with van der Waals surface area (Å²) >= 11 is 6.31. The average molecular weight is 1110 g/mol. The number of carbonyl (C=O) groups is 6. The van der Waals surface area contributed by atoms with E-state index >= 15 is 4.79 Å². The van der Waals surface area contributed by atoms with Crippen LogP contribution in [0.5, 0.6) is 23.0 Å². The Morgan fingerprint density at radius 1 is 0.605 bits per heavy atom. The van der Waals surface area contributed by atoms with Crippen LogP contribution in [0, 0.1) is 0 Å². The van der Waals surface area contributed by atoms with Crippen LogP contribution < -0.4 is 34.9 Å². The van der Waals surface area contributed by atoms with E-state index in [2.05, 4.69) is 16.0 Å². The monoisotopic (exact) mass is 1110 g/mol. The molecule has 5 amide bonds. The van der Waals surface area contributed by atoms with E-state index in [-0.39, 0.29) is 86.4 Å². The van der Waals surface area contributed by atoms with E-state index < -0.39 is 59.5 Å². The van der Waals surface area contributed by atoms with Crippen LogP contribution in [-0.4, -0.2) is 75.7 Å². The van der Waals surface area contributed by atoms with Crippen LogP contribution in [0.3, 0.4) is 0 Å². The standard InChI is InChI=1S/C64H60ClN5O11/c65-51-34-35-64(38-55(72)70(64)57(51)63(76)77)68-61(74)56(48-28-14-5-15-29-48)67-54(71)39-69(62(75)50-31-19-33-53(79-41-45-22-8-2-9-23-45)59(50)81-43-47-26-12-4-13-27-47)37-17-16-36-66-60(73)49-30-18-32-52(78-40-44-20-6-1-7-21-44)58(49)80-42-46-24-10-3-11-25-46/h1-15,18-33,56H,16-17,34-43H2,(H,66,73)(H,67,71)(H,68,74)(H,76,77)/t56-,64+/m1/s1. The Morgan fingerprint density at radius 2 is 1.09 bits per heavy atom. The molecule has 7 aromatic carbocycles. The molecule has 2 aliphatic rings. The van der Waals surface area contributed by atoms with Gasteiger partial charge in [0.25, 0.3) is 11.8 Å². The van der Waals surface area contributed by atoms with E-state index in [9.17, 15) is 29.1 Å².